The Morgan fingerprint density at radius 1 is 0.562 bits per heavy atom. The first-order valence-corrected chi connectivity index (χ1v) is 16.9. The molecule has 0 aliphatic heterocycles. The molecular weight excluding hydrogens is 659 g/mol. The average Bonchev–Trinajstić information content (AvgIpc) is 3.77. The molecule has 1 N–H and O–H groups in total. The Labute approximate surface area is 287 Å². The summed E-state index contributed by atoms with van der Waals surface area (Å²) in [6.45, 7) is 9.05. The molecule has 2 aliphatic rings. The van der Waals surface area contributed by atoms with Crippen LogP contribution in [0.2, 0.25) is 0 Å². The van der Waals surface area contributed by atoms with Crippen LogP contribution in [0.4, 0.5) is 0 Å². The summed E-state index contributed by atoms with van der Waals surface area (Å²) >= 11 is 3.62. The summed E-state index contributed by atoms with van der Waals surface area (Å²) in [7, 11) is 0.721. The minimum Gasteiger partial charge on any atom is -0.537 e. The molecule has 0 bridgehead atoms. The van der Waals surface area contributed by atoms with Gasteiger partial charge in [-0.2, -0.15) is 0 Å². The molecule has 0 fully saturated rings. The largest absolute Gasteiger partial charge is 0.569 e. The highest BCUT2D eigenvalue weighted by molar-refractivity contribution is 9.10. The zero-order chi connectivity index (χ0) is 32.9. The fourth-order valence-corrected chi connectivity index (χ4v) is 8.53. The van der Waals surface area contributed by atoms with E-state index in [2.05, 4.69) is 110 Å². The van der Waals surface area contributed by atoms with Crippen molar-refractivity contribution >= 4 is 67.5 Å². The van der Waals surface area contributed by atoms with Gasteiger partial charge in [0.05, 0.1) is 0 Å². The summed E-state index contributed by atoms with van der Waals surface area (Å²) in [6, 6.07) is 37.7. The van der Waals surface area contributed by atoms with Crippen LogP contribution in [0.5, 0.6) is 5.75 Å². The maximum atomic E-state index is 8.94. The number of fused-ring (bicyclic) bond motifs is 14. The van der Waals surface area contributed by atoms with E-state index in [1.54, 1.807) is 0 Å². The van der Waals surface area contributed by atoms with Crippen molar-refractivity contribution in [3.63, 3.8) is 0 Å². The normalized spacial score (nSPS) is 14.8. The minimum absolute atomic E-state index is 0.00100. The topological polar surface area (TPSA) is 55.7 Å². The second kappa shape index (κ2) is 10.4. The Hall–Kier alpha value is -4.78. The summed E-state index contributed by atoms with van der Waals surface area (Å²) < 4.78 is 18.4. The maximum Gasteiger partial charge on any atom is 0.569 e. The highest BCUT2D eigenvalue weighted by atomic mass is 79.9. The van der Waals surface area contributed by atoms with E-state index in [1.165, 1.54) is 60.7 Å². The molecule has 0 saturated heterocycles. The first kappa shape index (κ1) is 29.4. The van der Waals surface area contributed by atoms with Gasteiger partial charge in [0.1, 0.15) is 28.1 Å². The fourth-order valence-electron chi connectivity index (χ4n) is 8.17. The molecule has 2 aromatic heterocycles. The molecule has 1 radical (unpaired) electrons. The van der Waals surface area contributed by atoms with Crippen LogP contribution in [0.3, 0.4) is 0 Å². The summed E-state index contributed by atoms with van der Waals surface area (Å²) in [6.07, 6.45) is 0. The van der Waals surface area contributed by atoms with Crippen molar-refractivity contribution in [1.82, 2.24) is 0 Å². The van der Waals surface area contributed by atoms with Gasteiger partial charge in [-0.05, 0) is 93.0 Å². The number of halogens is 1. The zero-order valence-corrected chi connectivity index (χ0v) is 28.6. The number of benzene rings is 6. The molecule has 48 heavy (non-hydrogen) atoms. The van der Waals surface area contributed by atoms with Crippen molar-refractivity contribution < 1.29 is 18.5 Å². The number of furan rings is 2. The van der Waals surface area contributed by atoms with Crippen molar-refractivity contribution in [2.24, 2.45) is 0 Å². The van der Waals surface area contributed by atoms with E-state index in [1.807, 2.05) is 42.5 Å². The average molecular weight is 690 g/mol. The predicted octanol–water partition coefficient (Wildman–Crippen LogP) is 11.5. The van der Waals surface area contributed by atoms with Crippen LogP contribution in [0.15, 0.2) is 123 Å². The second-order valence-electron chi connectivity index (χ2n) is 13.8. The monoisotopic (exact) mass is 689 g/mol. The van der Waals surface area contributed by atoms with Crippen LogP contribution in [0.25, 0.3) is 66.1 Å². The molecule has 233 valence electrons. The lowest BCUT2D eigenvalue weighted by molar-refractivity contribution is 0.453. The summed E-state index contributed by atoms with van der Waals surface area (Å²) in [5, 5.41) is 13.7. The lowest BCUT2D eigenvalue weighted by Crippen LogP contribution is -2.15. The van der Waals surface area contributed by atoms with E-state index in [0.29, 0.717) is 5.75 Å². The van der Waals surface area contributed by atoms with Gasteiger partial charge in [-0.1, -0.05) is 104 Å². The maximum absolute atomic E-state index is 8.94. The van der Waals surface area contributed by atoms with Crippen LogP contribution >= 0.6 is 15.9 Å². The SMILES string of the molecule is CC1(C)c2cc(Br)ccc2-c2c1ccc1oc3ccccc3c21.CC1(C)c2cc(O[B]O)ccc2-c2c1ccc1oc3ccccc3c21. The third kappa shape index (κ3) is 4.06. The van der Waals surface area contributed by atoms with Crippen LogP contribution in [0.1, 0.15) is 49.9 Å². The van der Waals surface area contributed by atoms with Crippen molar-refractivity contribution in [3.05, 3.63) is 136 Å². The molecule has 2 heterocycles. The first-order chi connectivity index (χ1) is 23.2. The molecule has 4 nitrogen and oxygen atoms in total. The van der Waals surface area contributed by atoms with Crippen LogP contribution in [-0.4, -0.2) is 12.7 Å². The Morgan fingerprint density at radius 3 is 1.60 bits per heavy atom. The van der Waals surface area contributed by atoms with Crippen molar-refractivity contribution in [1.29, 1.82) is 0 Å². The van der Waals surface area contributed by atoms with E-state index in [0.717, 1.165) is 39.9 Å². The Morgan fingerprint density at radius 2 is 1.06 bits per heavy atom. The van der Waals surface area contributed by atoms with Crippen LogP contribution in [0, 0.1) is 0 Å². The quantitative estimate of drug-likeness (QED) is 0.184. The predicted molar refractivity (Wildman–Crippen MR) is 199 cm³/mol. The number of rotatable bonds is 2. The number of hydrogen-bond acceptors (Lipinski definition) is 4. The molecule has 0 amide bonds. The minimum atomic E-state index is -0.147. The smallest absolute Gasteiger partial charge is 0.537 e. The van der Waals surface area contributed by atoms with Gasteiger partial charge in [0.15, 0.2) is 0 Å². The molecule has 0 spiro atoms. The van der Waals surface area contributed by atoms with Crippen molar-refractivity contribution in [3.8, 4) is 28.0 Å². The van der Waals surface area contributed by atoms with E-state index in [9.17, 15) is 0 Å². The third-order valence-electron chi connectivity index (χ3n) is 10.5. The molecule has 2 aliphatic carbocycles. The van der Waals surface area contributed by atoms with Gasteiger partial charge in [0.25, 0.3) is 0 Å². The van der Waals surface area contributed by atoms with Gasteiger partial charge < -0.3 is 18.5 Å². The molecule has 0 atom stereocenters. The number of para-hydroxylation sites is 2. The number of hydrogen-bond donors (Lipinski definition) is 1. The second-order valence-corrected chi connectivity index (χ2v) is 14.7. The van der Waals surface area contributed by atoms with Gasteiger partial charge in [-0.25, -0.2) is 0 Å². The molecule has 6 heteroatoms. The Balaban J connectivity index is 0.000000131. The first-order valence-electron chi connectivity index (χ1n) is 16.2. The third-order valence-corrected chi connectivity index (χ3v) is 11.0. The van der Waals surface area contributed by atoms with E-state index >= 15 is 0 Å². The Bertz CT molecular complexity index is 2610. The van der Waals surface area contributed by atoms with E-state index in [-0.39, 0.29) is 10.8 Å². The van der Waals surface area contributed by atoms with Crippen molar-refractivity contribution in [2.45, 2.75) is 38.5 Å². The standard InChI is InChI=1S/C21H16BO3.C21H15BrO/c1-21(2)15-9-10-18-20(14-5-3-4-6-17(14)24-18)19(15)13-8-7-12(25-22-23)11-16(13)21;1-21(2)15-9-10-18-20(14-5-3-4-6-17(14)23-18)19(15)13-8-7-12(22)11-16(13)21/h3-11,23H,1-2H3;3-11H,1-2H3. The van der Waals surface area contributed by atoms with Crippen molar-refractivity contribution in [2.75, 3.05) is 0 Å². The molecule has 0 saturated carbocycles. The highest BCUT2D eigenvalue weighted by Gasteiger charge is 2.39. The summed E-state index contributed by atoms with van der Waals surface area (Å²) in [4.78, 5) is 0. The fraction of sp³-hybridized carbons (Fsp3) is 0.143. The van der Waals surface area contributed by atoms with Gasteiger partial charge in [0.2, 0.25) is 0 Å². The summed E-state index contributed by atoms with van der Waals surface area (Å²) in [5.74, 6) is 0.635. The lowest BCUT2D eigenvalue weighted by Gasteiger charge is -2.21. The molecule has 10 rings (SSSR count). The van der Waals surface area contributed by atoms with E-state index < -0.39 is 0 Å². The van der Waals surface area contributed by atoms with Gasteiger partial charge in [-0.3, -0.25) is 0 Å². The van der Waals surface area contributed by atoms with E-state index in [4.69, 9.17) is 18.5 Å². The molecule has 6 aromatic carbocycles. The zero-order valence-electron chi connectivity index (χ0n) is 27.0. The molecule has 0 unspecified atom stereocenters. The Kier molecular flexibility index (Phi) is 6.34. The van der Waals surface area contributed by atoms with Gasteiger partial charge in [-0.15, -0.1) is 0 Å². The van der Waals surface area contributed by atoms with Gasteiger partial charge >= 0.3 is 7.69 Å². The summed E-state index contributed by atoms with van der Waals surface area (Å²) in [5.41, 5.74) is 13.9. The highest BCUT2D eigenvalue weighted by Crippen LogP contribution is 2.55. The van der Waals surface area contributed by atoms with Crippen LogP contribution < -0.4 is 4.65 Å². The molecular formula is C42H31BBrO4. The van der Waals surface area contributed by atoms with Crippen LogP contribution in [-0.2, 0) is 10.8 Å². The lowest BCUT2D eigenvalue weighted by atomic mass is 9.82. The van der Waals surface area contributed by atoms with Gasteiger partial charge in [0, 0.05) is 36.8 Å². The molecule has 8 aromatic rings.